The summed E-state index contributed by atoms with van der Waals surface area (Å²) in [6.07, 6.45) is 9.71. The van der Waals surface area contributed by atoms with Crippen molar-refractivity contribution in [3.05, 3.63) is 11.7 Å². The molecule has 1 saturated carbocycles. The molecule has 2 aliphatic rings. The second-order valence-corrected chi connectivity index (χ2v) is 8.25. The van der Waals surface area contributed by atoms with Gasteiger partial charge in [-0.15, -0.1) is 0 Å². The minimum Gasteiger partial charge on any atom is -0.339 e. The topological polar surface area (TPSA) is 62.5 Å². The highest BCUT2D eigenvalue weighted by molar-refractivity contribution is 5.73. The van der Waals surface area contributed by atoms with Gasteiger partial charge in [0.2, 0.25) is 11.8 Å². The summed E-state index contributed by atoms with van der Waals surface area (Å²) >= 11 is 0. The van der Waals surface area contributed by atoms with Gasteiger partial charge in [0.05, 0.1) is 0 Å². The summed E-state index contributed by atoms with van der Waals surface area (Å²) in [6.45, 7) is 8.66. The van der Waals surface area contributed by atoms with Crippen LogP contribution < -0.4 is 0 Å². The van der Waals surface area contributed by atoms with Gasteiger partial charge >= 0.3 is 0 Å². The Balaban J connectivity index is 1.58. The maximum atomic E-state index is 12.3. The molecular formula is C20H34N4O2. The van der Waals surface area contributed by atoms with Crippen molar-refractivity contribution in [3.8, 4) is 0 Å². The number of hydrogen-bond donors (Lipinski definition) is 0. The molecule has 1 unspecified atom stereocenters. The number of carbonyl (C=O) groups is 1. The van der Waals surface area contributed by atoms with Crippen LogP contribution in [0, 0.1) is 0 Å². The Morgan fingerprint density at radius 3 is 2.65 bits per heavy atom. The number of amides is 1. The van der Waals surface area contributed by atoms with Crippen molar-refractivity contribution in [2.24, 2.45) is 0 Å². The van der Waals surface area contributed by atoms with E-state index in [1.54, 1.807) is 6.92 Å². The van der Waals surface area contributed by atoms with Crippen LogP contribution in [0.5, 0.6) is 0 Å². The minimum absolute atomic E-state index is 0.160. The monoisotopic (exact) mass is 362 g/mol. The Bertz CT molecular complexity index is 580. The molecular weight excluding hydrogens is 328 g/mol. The molecule has 1 atom stereocenters. The van der Waals surface area contributed by atoms with Crippen molar-refractivity contribution in [2.45, 2.75) is 90.1 Å². The van der Waals surface area contributed by atoms with E-state index >= 15 is 0 Å². The molecule has 1 aromatic rings. The van der Waals surface area contributed by atoms with Gasteiger partial charge in [-0.3, -0.25) is 9.69 Å². The lowest BCUT2D eigenvalue weighted by Crippen LogP contribution is -2.53. The standard InChI is InChI=1S/C20H34N4O2/c1-15(2)20-21-19(22-26-20)11-13-24(16(3)25)18-10-7-12-23(14-18)17-8-5-4-6-9-17/h15,17-18H,4-14H2,1-3H3. The first kappa shape index (κ1) is 19.3. The SMILES string of the molecule is CC(=O)N(CCc1noc(C(C)C)n1)C1CCCN(C2CCCCC2)C1. The van der Waals surface area contributed by atoms with Gasteiger partial charge in [-0.05, 0) is 32.2 Å². The predicted molar refractivity (Wildman–Crippen MR) is 101 cm³/mol. The summed E-state index contributed by atoms with van der Waals surface area (Å²) < 4.78 is 5.29. The molecule has 0 aromatic carbocycles. The van der Waals surface area contributed by atoms with E-state index in [1.165, 1.54) is 45.1 Å². The Morgan fingerprint density at radius 2 is 2.00 bits per heavy atom. The molecule has 146 valence electrons. The molecule has 1 aromatic heterocycles. The van der Waals surface area contributed by atoms with E-state index < -0.39 is 0 Å². The third kappa shape index (κ3) is 4.84. The van der Waals surface area contributed by atoms with E-state index in [4.69, 9.17) is 4.52 Å². The fourth-order valence-electron chi connectivity index (χ4n) is 4.44. The zero-order chi connectivity index (χ0) is 18.5. The fraction of sp³-hybridized carbons (Fsp3) is 0.850. The van der Waals surface area contributed by atoms with Crippen molar-refractivity contribution >= 4 is 5.91 Å². The van der Waals surface area contributed by atoms with Crippen LogP contribution in [0.1, 0.15) is 83.3 Å². The number of rotatable bonds is 6. The summed E-state index contributed by atoms with van der Waals surface area (Å²) in [5.41, 5.74) is 0. The highest BCUT2D eigenvalue weighted by Gasteiger charge is 2.31. The van der Waals surface area contributed by atoms with Crippen molar-refractivity contribution in [3.63, 3.8) is 0 Å². The van der Waals surface area contributed by atoms with E-state index in [1.807, 2.05) is 18.7 Å². The summed E-state index contributed by atoms with van der Waals surface area (Å²) in [4.78, 5) is 21.4. The van der Waals surface area contributed by atoms with Crippen LogP contribution in [0.2, 0.25) is 0 Å². The first-order valence-electron chi connectivity index (χ1n) is 10.4. The summed E-state index contributed by atoms with van der Waals surface area (Å²) in [6, 6.07) is 1.05. The third-order valence-electron chi connectivity index (χ3n) is 5.92. The average Bonchev–Trinajstić information content (AvgIpc) is 3.12. The van der Waals surface area contributed by atoms with Crippen LogP contribution in [0.15, 0.2) is 4.52 Å². The van der Waals surface area contributed by atoms with Gasteiger partial charge in [0.1, 0.15) is 0 Å². The van der Waals surface area contributed by atoms with Crippen LogP contribution in [0.25, 0.3) is 0 Å². The van der Waals surface area contributed by atoms with Gasteiger partial charge in [0.15, 0.2) is 5.82 Å². The lowest BCUT2D eigenvalue weighted by atomic mass is 9.91. The first-order valence-corrected chi connectivity index (χ1v) is 10.4. The molecule has 3 rings (SSSR count). The van der Waals surface area contributed by atoms with Crippen LogP contribution in [0.3, 0.4) is 0 Å². The summed E-state index contributed by atoms with van der Waals surface area (Å²) in [7, 11) is 0. The second kappa shape index (κ2) is 8.98. The van der Waals surface area contributed by atoms with Crippen LogP contribution in [0.4, 0.5) is 0 Å². The molecule has 2 heterocycles. The fourth-order valence-corrected chi connectivity index (χ4v) is 4.44. The quantitative estimate of drug-likeness (QED) is 0.776. The van der Waals surface area contributed by atoms with E-state index in [0.29, 0.717) is 30.7 Å². The molecule has 1 aliphatic carbocycles. The van der Waals surface area contributed by atoms with Gasteiger partial charge in [-0.25, -0.2) is 0 Å². The highest BCUT2D eigenvalue weighted by Crippen LogP contribution is 2.27. The number of carbonyl (C=O) groups excluding carboxylic acids is 1. The maximum absolute atomic E-state index is 12.3. The Hall–Kier alpha value is -1.43. The van der Waals surface area contributed by atoms with Gasteiger partial charge in [-0.1, -0.05) is 38.3 Å². The number of piperidine rings is 1. The van der Waals surface area contributed by atoms with Gasteiger partial charge in [0, 0.05) is 44.4 Å². The zero-order valence-electron chi connectivity index (χ0n) is 16.6. The highest BCUT2D eigenvalue weighted by atomic mass is 16.5. The van der Waals surface area contributed by atoms with Crippen molar-refractivity contribution in [2.75, 3.05) is 19.6 Å². The van der Waals surface area contributed by atoms with Crippen molar-refractivity contribution < 1.29 is 9.32 Å². The summed E-state index contributed by atoms with van der Waals surface area (Å²) in [5, 5.41) is 4.07. The van der Waals surface area contributed by atoms with E-state index in [2.05, 4.69) is 15.0 Å². The largest absolute Gasteiger partial charge is 0.339 e. The first-order chi connectivity index (χ1) is 12.5. The van der Waals surface area contributed by atoms with Crippen molar-refractivity contribution in [1.82, 2.24) is 19.9 Å². The van der Waals surface area contributed by atoms with E-state index in [-0.39, 0.29) is 11.8 Å². The van der Waals surface area contributed by atoms with Gasteiger partial charge in [-0.2, -0.15) is 4.98 Å². The molecule has 1 saturated heterocycles. The lowest BCUT2D eigenvalue weighted by Gasteiger charge is -2.43. The Labute approximate surface area is 157 Å². The maximum Gasteiger partial charge on any atom is 0.229 e. The second-order valence-electron chi connectivity index (χ2n) is 8.25. The molecule has 0 spiro atoms. The molecule has 0 radical (unpaired) electrons. The Morgan fingerprint density at radius 1 is 1.23 bits per heavy atom. The molecule has 0 bridgehead atoms. The molecule has 1 amide bonds. The molecule has 2 fully saturated rings. The predicted octanol–water partition coefficient (Wildman–Crippen LogP) is 3.38. The van der Waals surface area contributed by atoms with Crippen LogP contribution in [-0.4, -0.2) is 57.6 Å². The van der Waals surface area contributed by atoms with Crippen LogP contribution >= 0.6 is 0 Å². The molecule has 1 aliphatic heterocycles. The van der Waals surface area contributed by atoms with Gasteiger partial charge in [0.25, 0.3) is 0 Å². The molecule has 6 heteroatoms. The normalized spacial score (nSPS) is 22.7. The van der Waals surface area contributed by atoms with Crippen molar-refractivity contribution in [1.29, 1.82) is 0 Å². The lowest BCUT2D eigenvalue weighted by molar-refractivity contribution is -0.132. The summed E-state index contributed by atoms with van der Waals surface area (Å²) in [5.74, 6) is 1.78. The average molecular weight is 363 g/mol. The van der Waals surface area contributed by atoms with E-state index in [9.17, 15) is 4.79 Å². The molecule has 26 heavy (non-hydrogen) atoms. The van der Waals surface area contributed by atoms with Crippen LogP contribution in [-0.2, 0) is 11.2 Å². The van der Waals surface area contributed by atoms with E-state index in [0.717, 1.165) is 19.0 Å². The number of likely N-dealkylation sites (tertiary alicyclic amines) is 1. The Kier molecular flexibility index (Phi) is 6.68. The smallest absolute Gasteiger partial charge is 0.229 e. The minimum atomic E-state index is 0.160. The third-order valence-corrected chi connectivity index (χ3v) is 5.92. The number of hydrogen-bond acceptors (Lipinski definition) is 5. The number of aromatic nitrogens is 2. The number of nitrogens with zero attached hydrogens (tertiary/aromatic N) is 4. The molecule has 6 nitrogen and oxygen atoms in total. The zero-order valence-corrected chi connectivity index (χ0v) is 16.6. The van der Waals surface area contributed by atoms with Gasteiger partial charge < -0.3 is 9.42 Å². The molecule has 0 N–H and O–H groups in total.